The fourth-order valence-corrected chi connectivity index (χ4v) is 5.39. The number of carbonyl (C=O) groups is 2. The summed E-state index contributed by atoms with van der Waals surface area (Å²) in [6.07, 6.45) is 0.700. The lowest BCUT2D eigenvalue weighted by Gasteiger charge is -2.28. The first-order valence-corrected chi connectivity index (χ1v) is 16.0. The Morgan fingerprint density at radius 1 is 0.651 bits per heavy atom. The van der Waals surface area contributed by atoms with Crippen LogP contribution in [0.1, 0.15) is 43.0 Å². The van der Waals surface area contributed by atoms with E-state index in [2.05, 4.69) is 59.0 Å². The molecule has 5 nitrogen and oxygen atoms in total. The van der Waals surface area contributed by atoms with Crippen LogP contribution in [0.3, 0.4) is 0 Å². The maximum Gasteiger partial charge on any atom is 0.310 e. The highest BCUT2D eigenvalue weighted by atomic mass is 127. The van der Waals surface area contributed by atoms with Crippen LogP contribution in [-0.4, -0.2) is 24.6 Å². The Labute approximate surface area is 268 Å². The molecule has 0 spiro atoms. The third-order valence-corrected chi connectivity index (χ3v) is 8.07. The van der Waals surface area contributed by atoms with Crippen LogP contribution < -0.4 is 4.74 Å². The van der Waals surface area contributed by atoms with Gasteiger partial charge in [-0.1, -0.05) is 114 Å². The lowest BCUT2D eigenvalue weighted by atomic mass is 9.82. The molecule has 4 rings (SSSR count). The summed E-state index contributed by atoms with van der Waals surface area (Å²) in [5.74, 6) is -1.59. The minimum Gasteiger partial charge on any atom is -0.497 e. The number of hydrogen-bond donors (Lipinski definition) is 0. The molecule has 0 heterocycles. The standard InChI is InChI=1S/C37H39IO5/c1-37(2,3)43-36(40)34(23-27-10-16-30(17-11-27)31-18-12-28(24-38)13-19-31)33(22-26-8-6-5-7-9-26)35(39)42-25-29-14-20-32(41-4)21-15-29/h5-21,33-34H,22-25H2,1-4H3/t33-,34-/m1/s1. The molecule has 4 aromatic carbocycles. The minimum absolute atomic E-state index is 0.0974. The van der Waals surface area contributed by atoms with Crippen LogP contribution in [0, 0.1) is 11.8 Å². The van der Waals surface area contributed by atoms with Gasteiger partial charge in [-0.25, -0.2) is 0 Å². The normalized spacial score (nSPS) is 12.7. The second-order valence-electron chi connectivity index (χ2n) is 11.6. The number of carbonyl (C=O) groups excluding carboxylic acids is 2. The zero-order valence-corrected chi connectivity index (χ0v) is 27.4. The van der Waals surface area contributed by atoms with E-state index >= 15 is 0 Å². The van der Waals surface area contributed by atoms with E-state index < -0.39 is 29.4 Å². The number of ether oxygens (including phenoxy) is 3. The summed E-state index contributed by atoms with van der Waals surface area (Å²) in [4.78, 5) is 27.5. The second kappa shape index (κ2) is 15.2. The number of benzene rings is 4. The number of esters is 2. The summed E-state index contributed by atoms with van der Waals surface area (Å²) in [6.45, 7) is 5.62. The van der Waals surface area contributed by atoms with Gasteiger partial charge in [-0.2, -0.15) is 0 Å². The highest BCUT2D eigenvalue weighted by Gasteiger charge is 2.38. The van der Waals surface area contributed by atoms with Crippen LogP contribution in [0.2, 0.25) is 0 Å². The minimum atomic E-state index is -0.740. The smallest absolute Gasteiger partial charge is 0.310 e. The van der Waals surface area contributed by atoms with Crippen LogP contribution in [0.15, 0.2) is 103 Å². The predicted octanol–water partition coefficient (Wildman–Crippen LogP) is 8.40. The molecule has 0 fully saturated rings. The Kier molecular flexibility index (Phi) is 11.4. The van der Waals surface area contributed by atoms with Gasteiger partial charge in [0.05, 0.1) is 18.9 Å². The van der Waals surface area contributed by atoms with E-state index in [-0.39, 0.29) is 6.61 Å². The van der Waals surface area contributed by atoms with Gasteiger partial charge in [0.1, 0.15) is 18.0 Å². The molecule has 43 heavy (non-hydrogen) atoms. The van der Waals surface area contributed by atoms with Gasteiger partial charge in [0.15, 0.2) is 0 Å². The van der Waals surface area contributed by atoms with Gasteiger partial charge in [-0.15, -0.1) is 0 Å². The van der Waals surface area contributed by atoms with Gasteiger partial charge in [0, 0.05) is 4.43 Å². The molecule has 0 aromatic heterocycles. The molecule has 0 aliphatic rings. The topological polar surface area (TPSA) is 61.8 Å². The van der Waals surface area contributed by atoms with Crippen molar-refractivity contribution in [1.82, 2.24) is 0 Å². The summed E-state index contributed by atoms with van der Waals surface area (Å²) in [6, 6.07) is 33.8. The Morgan fingerprint density at radius 2 is 1.14 bits per heavy atom. The molecule has 0 amide bonds. The Hall–Kier alpha value is -3.65. The zero-order valence-electron chi connectivity index (χ0n) is 25.2. The monoisotopic (exact) mass is 690 g/mol. The van der Waals surface area contributed by atoms with Crippen molar-refractivity contribution in [3.05, 3.63) is 125 Å². The summed E-state index contributed by atoms with van der Waals surface area (Å²) in [5.41, 5.74) is 5.55. The molecule has 0 aliphatic heterocycles. The summed E-state index contributed by atoms with van der Waals surface area (Å²) in [7, 11) is 1.61. The van der Waals surface area contributed by atoms with Crippen LogP contribution in [0.25, 0.3) is 11.1 Å². The Balaban J connectivity index is 1.61. The summed E-state index contributed by atoms with van der Waals surface area (Å²) < 4.78 is 17.9. The number of halogens is 1. The van der Waals surface area contributed by atoms with E-state index in [0.717, 1.165) is 38.0 Å². The first-order chi connectivity index (χ1) is 20.6. The Bertz CT molecular complexity index is 1460. The van der Waals surface area contributed by atoms with Crippen molar-refractivity contribution in [2.24, 2.45) is 11.8 Å². The van der Waals surface area contributed by atoms with Crippen molar-refractivity contribution in [3.8, 4) is 16.9 Å². The van der Waals surface area contributed by atoms with E-state index in [9.17, 15) is 9.59 Å². The maximum absolute atomic E-state index is 13.8. The maximum atomic E-state index is 13.8. The van der Waals surface area contributed by atoms with Gasteiger partial charge < -0.3 is 14.2 Å². The first-order valence-electron chi connectivity index (χ1n) is 14.5. The van der Waals surface area contributed by atoms with Gasteiger partial charge in [0.2, 0.25) is 0 Å². The molecule has 0 saturated heterocycles. The van der Waals surface area contributed by atoms with E-state index in [0.29, 0.717) is 12.8 Å². The van der Waals surface area contributed by atoms with Crippen LogP contribution in [-0.2, 0) is 42.9 Å². The highest BCUT2D eigenvalue weighted by molar-refractivity contribution is 14.1. The first kappa shape index (κ1) is 32.3. The number of methoxy groups -OCH3 is 1. The van der Waals surface area contributed by atoms with Crippen molar-refractivity contribution in [1.29, 1.82) is 0 Å². The SMILES string of the molecule is COc1ccc(COC(=O)[C@H](Cc2ccccc2)[C@@H](Cc2ccc(-c3ccc(CI)cc3)cc2)C(=O)OC(C)(C)C)cc1. The number of alkyl halides is 1. The molecule has 224 valence electrons. The molecule has 4 aromatic rings. The van der Waals surface area contributed by atoms with Crippen molar-refractivity contribution in [2.75, 3.05) is 7.11 Å². The summed E-state index contributed by atoms with van der Waals surface area (Å²) in [5, 5.41) is 0. The van der Waals surface area contributed by atoms with E-state index in [1.165, 1.54) is 5.56 Å². The zero-order chi connectivity index (χ0) is 30.8. The van der Waals surface area contributed by atoms with Crippen molar-refractivity contribution in [2.45, 2.75) is 50.2 Å². The van der Waals surface area contributed by atoms with E-state index in [1.807, 2.05) is 87.5 Å². The lowest BCUT2D eigenvalue weighted by molar-refractivity contribution is -0.168. The van der Waals surface area contributed by atoms with Crippen molar-refractivity contribution >= 4 is 34.5 Å². The molecule has 0 N–H and O–H groups in total. The van der Waals surface area contributed by atoms with Crippen molar-refractivity contribution < 1.29 is 23.8 Å². The number of rotatable bonds is 12. The fourth-order valence-electron chi connectivity index (χ4n) is 4.88. The summed E-state index contributed by atoms with van der Waals surface area (Å²) >= 11 is 2.36. The van der Waals surface area contributed by atoms with Gasteiger partial charge in [-0.05, 0) is 79.1 Å². The largest absolute Gasteiger partial charge is 0.497 e. The molecule has 0 bridgehead atoms. The van der Waals surface area contributed by atoms with Gasteiger partial charge >= 0.3 is 11.9 Å². The molecule has 0 aliphatic carbocycles. The van der Waals surface area contributed by atoms with Gasteiger partial charge in [0.25, 0.3) is 0 Å². The van der Waals surface area contributed by atoms with Crippen LogP contribution >= 0.6 is 22.6 Å². The molecule has 0 radical (unpaired) electrons. The fraction of sp³-hybridized carbons (Fsp3) is 0.297. The third kappa shape index (κ3) is 9.68. The lowest BCUT2D eigenvalue weighted by Crippen LogP contribution is -2.38. The van der Waals surface area contributed by atoms with Crippen LogP contribution in [0.5, 0.6) is 5.75 Å². The van der Waals surface area contributed by atoms with Crippen molar-refractivity contribution in [3.63, 3.8) is 0 Å². The predicted molar refractivity (Wildman–Crippen MR) is 179 cm³/mol. The molecular weight excluding hydrogens is 651 g/mol. The van der Waals surface area contributed by atoms with Crippen LogP contribution in [0.4, 0.5) is 0 Å². The highest BCUT2D eigenvalue weighted by Crippen LogP contribution is 2.29. The molecule has 6 heteroatoms. The number of hydrogen-bond acceptors (Lipinski definition) is 5. The average Bonchev–Trinajstić information content (AvgIpc) is 3.02. The molecule has 0 saturated carbocycles. The molecular formula is C37H39IO5. The average molecular weight is 691 g/mol. The second-order valence-corrected chi connectivity index (χ2v) is 12.4. The third-order valence-electron chi connectivity index (χ3n) is 7.19. The molecule has 2 atom stereocenters. The quantitative estimate of drug-likeness (QED) is 0.0849. The van der Waals surface area contributed by atoms with E-state index in [1.54, 1.807) is 7.11 Å². The van der Waals surface area contributed by atoms with E-state index in [4.69, 9.17) is 14.2 Å². The Morgan fingerprint density at radius 3 is 1.65 bits per heavy atom. The molecule has 0 unspecified atom stereocenters. The van der Waals surface area contributed by atoms with Gasteiger partial charge in [-0.3, -0.25) is 9.59 Å².